The normalized spacial score (nSPS) is 12.5. The highest BCUT2D eigenvalue weighted by molar-refractivity contribution is 9.10. The predicted octanol–water partition coefficient (Wildman–Crippen LogP) is 3.35. The first-order valence-corrected chi connectivity index (χ1v) is 7.86. The minimum absolute atomic E-state index is 0.0922. The van der Waals surface area contributed by atoms with Gasteiger partial charge in [-0.2, -0.15) is 9.38 Å². The Hall–Kier alpha value is -2.81. The van der Waals surface area contributed by atoms with E-state index in [2.05, 4.69) is 26.2 Å². The number of benzene rings is 1. The van der Waals surface area contributed by atoms with Crippen molar-refractivity contribution in [2.75, 3.05) is 12.1 Å². The second kappa shape index (κ2) is 5.68. The van der Waals surface area contributed by atoms with E-state index in [1.54, 1.807) is 24.4 Å². The third-order valence-electron chi connectivity index (χ3n) is 3.62. The number of nitrogens with zero attached hydrogens (tertiary/aromatic N) is 3. The number of nitrogens with one attached hydrogen (secondary N) is 1. The minimum atomic E-state index is -0.447. The molecule has 0 spiro atoms. The standard InChI is InChI=1S/C15H11BrN4O4/c16-10-5-9(6-11-13(10)24-8-23-11)7-17-14-15(20(21)22)19-4-2-1-3-12(19)18-14/h1-6,17H,7-8H2. The fourth-order valence-electron chi connectivity index (χ4n) is 2.58. The van der Waals surface area contributed by atoms with Crippen molar-refractivity contribution in [2.24, 2.45) is 0 Å². The summed E-state index contributed by atoms with van der Waals surface area (Å²) in [5, 5.41) is 14.4. The first-order valence-electron chi connectivity index (χ1n) is 7.07. The number of rotatable bonds is 4. The Morgan fingerprint density at radius 3 is 3.08 bits per heavy atom. The Bertz CT molecular complexity index is 956. The topological polar surface area (TPSA) is 90.9 Å². The van der Waals surface area contributed by atoms with Gasteiger partial charge in [-0.05, 0) is 44.6 Å². The molecule has 8 nitrogen and oxygen atoms in total. The molecule has 0 saturated carbocycles. The lowest BCUT2D eigenvalue weighted by atomic mass is 10.2. The van der Waals surface area contributed by atoms with E-state index in [1.807, 2.05) is 12.1 Å². The van der Waals surface area contributed by atoms with Crippen LogP contribution in [0.25, 0.3) is 5.65 Å². The number of halogens is 1. The highest BCUT2D eigenvalue weighted by atomic mass is 79.9. The maximum atomic E-state index is 11.4. The summed E-state index contributed by atoms with van der Waals surface area (Å²) < 4.78 is 12.9. The van der Waals surface area contributed by atoms with Crippen molar-refractivity contribution in [2.45, 2.75) is 6.54 Å². The number of hydrogen-bond donors (Lipinski definition) is 1. The molecule has 24 heavy (non-hydrogen) atoms. The minimum Gasteiger partial charge on any atom is -0.454 e. The Balaban J connectivity index is 1.65. The second-order valence-corrected chi connectivity index (χ2v) is 5.99. The Morgan fingerprint density at radius 1 is 1.38 bits per heavy atom. The van der Waals surface area contributed by atoms with E-state index >= 15 is 0 Å². The van der Waals surface area contributed by atoms with Crippen LogP contribution in [0.5, 0.6) is 11.5 Å². The quantitative estimate of drug-likeness (QED) is 0.542. The summed E-state index contributed by atoms with van der Waals surface area (Å²) in [6.45, 7) is 0.544. The average molecular weight is 391 g/mol. The van der Waals surface area contributed by atoms with Crippen LogP contribution in [-0.4, -0.2) is 21.1 Å². The van der Waals surface area contributed by atoms with Gasteiger partial charge in [-0.25, -0.2) is 0 Å². The number of imidazole rings is 1. The first kappa shape index (κ1) is 14.8. The molecule has 9 heteroatoms. The van der Waals surface area contributed by atoms with Gasteiger partial charge in [0.05, 0.1) is 10.7 Å². The number of hydrogen-bond acceptors (Lipinski definition) is 6. The predicted molar refractivity (Wildman–Crippen MR) is 89.4 cm³/mol. The van der Waals surface area contributed by atoms with E-state index in [4.69, 9.17) is 9.47 Å². The van der Waals surface area contributed by atoms with E-state index in [1.165, 1.54) is 4.40 Å². The fourth-order valence-corrected chi connectivity index (χ4v) is 3.19. The van der Waals surface area contributed by atoms with Crippen LogP contribution in [0.3, 0.4) is 0 Å². The monoisotopic (exact) mass is 390 g/mol. The van der Waals surface area contributed by atoms with Gasteiger partial charge >= 0.3 is 5.82 Å². The fraction of sp³-hybridized carbons (Fsp3) is 0.133. The van der Waals surface area contributed by atoms with Crippen LogP contribution in [0.1, 0.15) is 5.56 Å². The van der Waals surface area contributed by atoms with Crippen molar-refractivity contribution in [3.63, 3.8) is 0 Å². The maximum absolute atomic E-state index is 11.4. The Labute approximate surface area is 144 Å². The average Bonchev–Trinajstić information content (AvgIpc) is 3.16. The molecule has 1 aliphatic rings. The Kier molecular flexibility index (Phi) is 3.49. The van der Waals surface area contributed by atoms with Crippen LogP contribution < -0.4 is 14.8 Å². The maximum Gasteiger partial charge on any atom is 0.372 e. The van der Waals surface area contributed by atoms with Gasteiger partial charge in [0.2, 0.25) is 18.3 Å². The van der Waals surface area contributed by atoms with Gasteiger partial charge in [0.15, 0.2) is 11.5 Å². The summed E-state index contributed by atoms with van der Waals surface area (Å²) in [5.74, 6) is 1.44. The number of nitro groups is 1. The second-order valence-electron chi connectivity index (χ2n) is 5.13. The molecule has 3 heterocycles. The number of aromatic nitrogens is 2. The van der Waals surface area contributed by atoms with Gasteiger partial charge < -0.3 is 24.9 Å². The van der Waals surface area contributed by atoms with Crippen LogP contribution in [0, 0.1) is 10.1 Å². The summed E-state index contributed by atoms with van der Waals surface area (Å²) in [6.07, 6.45) is 1.61. The summed E-state index contributed by atoms with van der Waals surface area (Å²) >= 11 is 3.43. The Morgan fingerprint density at radius 2 is 2.25 bits per heavy atom. The molecule has 0 atom stereocenters. The van der Waals surface area contributed by atoms with Gasteiger partial charge in [0.25, 0.3) is 0 Å². The molecule has 0 fully saturated rings. The summed E-state index contributed by atoms with van der Waals surface area (Å²) in [5.41, 5.74) is 1.40. The lowest BCUT2D eigenvalue weighted by Gasteiger charge is -2.06. The highest BCUT2D eigenvalue weighted by Gasteiger charge is 2.23. The van der Waals surface area contributed by atoms with E-state index in [0.29, 0.717) is 23.7 Å². The molecule has 0 amide bonds. The third-order valence-corrected chi connectivity index (χ3v) is 4.21. The van der Waals surface area contributed by atoms with Crippen molar-refractivity contribution in [1.82, 2.24) is 9.38 Å². The van der Waals surface area contributed by atoms with Crippen LogP contribution in [0.2, 0.25) is 0 Å². The number of ether oxygens (including phenoxy) is 2. The van der Waals surface area contributed by atoms with Crippen LogP contribution in [0.4, 0.5) is 11.6 Å². The molecule has 0 radical (unpaired) electrons. The summed E-state index contributed by atoms with van der Waals surface area (Å²) in [6, 6.07) is 8.93. The molecule has 4 rings (SSSR count). The molecular formula is C15H11BrN4O4. The van der Waals surface area contributed by atoms with Crippen LogP contribution in [0.15, 0.2) is 41.0 Å². The molecule has 0 aliphatic carbocycles. The molecule has 3 aromatic rings. The summed E-state index contributed by atoms with van der Waals surface area (Å²) in [7, 11) is 0. The molecule has 0 saturated heterocycles. The smallest absolute Gasteiger partial charge is 0.372 e. The molecule has 1 aromatic carbocycles. The molecule has 0 unspecified atom stereocenters. The lowest BCUT2D eigenvalue weighted by Crippen LogP contribution is -2.03. The molecular weight excluding hydrogens is 380 g/mol. The molecule has 1 N–H and O–H groups in total. The van der Waals surface area contributed by atoms with Crippen molar-refractivity contribution >= 4 is 33.2 Å². The largest absolute Gasteiger partial charge is 0.454 e. The van der Waals surface area contributed by atoms with Gasteiger partial charge in [0.1, 0.15) is 0 Å². The van der Waals surface area contributed by atoms with Crippen LogP contribution >= 0.6 is 15.9 Å². The number of fused-ring (bicyclic) bond motifs is 2. The van der Waals surface area contributed by atoms with Crippen molar-refractivity contribution in [3.05, 3.63) is 56.7 Å². The molecule has 0 bridgehead atoms. The van der Waals surface area contributed by atoms with Gasteiger partial charge in [-0.1, -0.05) is 6.07 Å². The van der Waals surface area contributed by atoms with E-state index in [9.17, 15) is 10.1 Å². The zero-order chi connectivity index (χ0) is 16.7. The van der Waals surface area contributed by atoms with Gasteiger partial charge in [0, 0.05) is 12.6 Å². The van der Waals surface area contributed by atoms with Gasteiger partial charge in [-0.15, -0.1) is 0 Å². The lowest BCUT2D eigenvalue weighted by molar-refractivity contribution is -0.389. The SMILES string of the molecule is O=[N+]([O-])c1c(NCc2cc(Br)c3c(c2)OCO3)nc2ccccn12. The van der Waals surface area contributed by atoms with E-state index in [-0.39, 0.29) is 18.4 Å². The zero-order valence-electron chi connectivity index (χ0n) is 12.2. The molecule has 2 aromatic heterocycles. The zero-order valence-corrected chi connectivity index (χ0v) is 13.8. The third kappa shape index (κ3) is 2.42. The van der Waals surface area contributed by atoms with Gasteiger partial charge in [-0.3, -0.25) is 0 Å². The molecule has 1 aliphatic heterocycles. The van der Waals surface area contributed by atoms with E-state index < -0.39 is 4.92 Å². The van der Waals surface area contributed by atoms with E-state index in [0.717, 1.165) is 10.0 Å². The van der Waals surface area contributed by atoms with Crippen molar-refractivity contribution in [3.8, 4) is 11.5 Å². The first-order chi connectivity index (χ1) is 11.6. The number of anilines is 1. The molecule has 122 valence electrons. The van der Waals surface area contributed by atoms with Crippen molar-refractivity contribution in [1.29, 1.82) is 0 Å². The number of pyridine rings is 1. The summed E-state index contributed by atoms with van der Waals surface area (Å²) in [4.78, 5) is 15.2. The van der Waals surface area contributed by atoms with Crippen LogP contribution in [-0.2, 0) is 6.54 Å². The highest BCUT2D eigenvalue weighted by Crippen LogP contribution is 2.40. The van der Waals surface area contributed by atoms with Crippen molar-refractivity contribution < 1.29 is 14.4 Å².